The average molecular weight is 667 g/mol. The second-order valence-electron chi connectivity index (χ2n) is 11.3. The molecule has 15 nitrogen and oxygen atoms in total. The van der Waals surface area contributed by atoms with E-state index in [9.17, 15) is 14.4 Å². The molecule has 0 bridgehead atoms. The zero-order chi connectivity index (χ0) is 34.3. The van der Waals surface area contributed by atoms with Crippen molar-refractivity contribution in [3.63, 3.8) is 0 Å². The van der Waals surface area contributed by atoms with E-state index < -0.39 is 36.7 Å². The van der Waals surface area contributed by atoms with Gasteiger partial charge in [-0.15, -0.1) is 0 Å². The minimum absolute atomic E-state index is 0.217. The number of nitrogen functional groups attached to an aromatic ring is 1. The van der Waals surface area contributed by atoms with Crippen LogP contribution in [0.2, 0.25) is 0 Å². The Kier molecular flexibility index (Phi) is 9.90. The highest BCUT2D eigenvalue weighted by Gasteiger charge is 2.40. The van der Waals surface area contributed by atoms with Gasteiger partial charge in [0, 0.05) is 43.9 Å². The number of hydrogen-bond acceptors (Lipinski definition) is 13. The van der Waals surface area contributed by atoms with E-state index in [1.165, 1.54) is 19.6 Å². The lowest BCUT2D eigenvalue weighted by Gasteiger charge is -2.25. The SMILES string of the molecule is CC(=O)O[C@H]1C[C@H](n2cnc3c(NC(=O)c4ccccc4)ncnc32)O[C@@H]1COC(=O)OC(CN(C)c1cc(N)ccn1)c1ccccc1. The zero-order valence-electron chi connectivity index (χ0n) is 26.7. The standard InChI is InChI=1S/C34H34N8O7/c1-21(43)47-25-16-29(42-20-39-30-31(37-19-38-32(30)42)40-33(44)23-11-7-4-8-12-23)48-27(25)18-46-34(45)49-26(22-9-5-3-6-10-22)17-41(2)28-15-24(35)13-14-36-28/h3-15,19-20,25-27,29H,16-18H2,1-2H3,(H2,35,36)(H,37,38,40,44)/t25-,26?,27+,29+/m0/s1. The van der Waals surface area contributed by atoms with Crippen LogP contribution in [0.5, 0.6) is 0 Å². The number of nitrogens with two attached hydrogens (primary N) is 1. The molecule has 4 atom stereocenters. The van der Waals surface area contributed by atoms with Crippen LogP contribution < -0.4 is 16.0 Å². The molecule has 0 saturated carbocycles. The largest absolute Gasteiger partial charge is 0.509 e. The van der Waals surface area contributed by atoms with Gasteiger partial charge >= 0.3 is 12.1 Å². The maximum Gasteiger partial charge on any atom is 0.509 e. The Morgan fingerprint density at radius 1 is 1.04 bits per heavy atom. The Morgan fingerprint density at radius 3 is 2.53 bits per heavy atom. The molecule has 252 valence electrons. The normalized spacial score (nSPS) is 17.6. The summed E-state index contributed by atoms with van der Waals surface area (Å²) in [6, 6.07) is 21.4. The van der Waals surface area contributed by atoms with Crippen molar-refractivity contribution in [1.82, 2.24) is 24.5 Å². The van der Waals surface area contributed by atoms with Gasteiger partial charge in [0.15, 0.2) is 17.0 Å². The van der Waals surface area contributed by atoms with Crippen LogP contribution in [0.15, 0.2) is 91.6 Å². The van der Waals surface area contributed by atoms with Crippen molar-refractivity contribution in [3.05, 3.63) is 103 Å². The van der Waals surface area contributed by atoms with E-state index >= 15 is 0 Å². The number of imidazole rings is 1. The minimum Gasteiger partial charge on any atom is -0.459 e. The molecule has 3 aromatic heterocycles. The van der Waals surface area contributed by atoms with E-state index in [-0.39, 0.29) is 31.3 Å². The average Bonchev–Trinajstić information content (AvgIpc) is 3.72. The van der Waals surface area contributed by atoms with Gasteiger partial charge in [-0.25, -0.2) is 24.7 Å². The maximum atomic E-state index is 13.1. The molecule has 1 aliphatic rings. The molecule has 0 aliphatic carbocycles. The molecule has 5 aromatic rings. The first kappa shape index (κ1) is 32.8. The number of esters is 1. The highest BCUT2D eigenvalue weighted by molar-refractivity contribution is 6.06. The molecule has 0 radical (unpaired) electrons. The van der Waals surface area contributed by atoms with Gasteiger partial charge in [0.2, 0.25) is 0 Å². The Morgan fingerprint density at radius 2 is 1.80 bits per heavy atom. The first-order chi connectivity index (χ1) is 23.7. The number of nitrogens with zero attached hydrogens (tertiary/aromatic N) is 6. The van der Waals surface area contributed by atoms with Gasteiger partial charge in [0.1, 0.15) is 43.3 Å². The van der Waals surface area contributed by atoms with Crippen LogP contribution in [0.3, 0.4) is 0 Å². The predicted octanol–water partition coefficient (Wildman–Crippen LogP) is 4.31. The number of carbonyl (C=O) groups excluding carboxylic acids is 3. The fourth-order valence-corrected chi connectivity index (χ4v) is 5.45. The number of aromatic nitrogens is 5. The summed E-state index contributed by atoms with van der Waals surface area (Å²) in [7, 11) is 1.81. The molecule has 1 saturated heterocycles. The minimum atomic E-state index is -0.934. The molecule has 1 amide bonds. The molecular weight excluding hydrogens is 632 g/mol. The van der Waals surface area contributed by atoms with Gasteiger partial charge in [-0.1, -0.05) is 48.5 Å². The number of benzene rings is 2. The molecule has 6 rings (SSSR count). The lowest BCUT2D eigenvalue weighted by molar-refractivity contribution is -0.150. The van der Waals surface area contributed by atoms with E-state index in [0.29, 0.717) is 28.2 Å². The van der Waals surface area contributed by atoms with Crippen LogP contribution in [-0.2, 0) is 23.7 Å². The Hall–Kier alpha value is -6.09. The summed E-state index contributed by atoms with van der Waals surface area (Å²) in [6.45, 7) is 1.29. The topological polar surface area (TPSA) is 186 Å². The summed E-state index contributed by atoms with van der Waals surface area (Å²) in [4.78, 5) is 57.0. The summed E-state index contributed by atoms with van der Waals surface area (Å²) in [5.41, 5.74) is 8.41. The number of carbonyl (C=O) groups is 3. The molecule has 0 spiro atoms. The number of rotatable bonds is 11. The lowest BCUT2D eigenvalue weighted by atomic mass is 10.1. The van der Waals surface area contributed by atoms with Crippen molar-refractivity contribution >= 4 is 46.5 Å². The highest BCUT2D eigenvalue weighted by Crippen LogP contribution is 2.34. The number of hydrogen-bond donors (Lipinski definition) is 2. The van der Waals surface area contributed by atoms with Gasteiger partial charge in [0.05, 0.1) is 12.9 Å². The van der Waals surface area contributed by atoms with Crippen molar-refractivity contribution in [3.8, 4) is 0 Å². The van der Waals surface area contributed by atoms with Gasteiger partial charge in [-0.05, 0) is 23.8 Å². The van der Waals surface area contributed by atoms with Crippen LogP contribution in [0.25, 0.3) is 11.2 Å². The fraction of sp³-hybridized carbons (Fsp3) is 0.265. The summed E-state index contributed by atoms with van der Waals surface area (Å²) < 4.78 is 24.7. The van der Waals surface area contributed by atoms with Crippen LogP contribution >= 0.6 is 0 Å². The predicted molar refractivity (Wildman–Crippen MR) is 177 cm³/mol. The number of amides is 1. The molecule has 4 heterocycles. The van der Waals surface area contributed by atoms with Gasteiger partial charge in [0.25, 0.3) is 5.91 Å². The molecule has 49 heavy (non-hydrogen) atoms. The van der Waals surface area contributed by atoms with Crippen molar-refractivity contribution in [2.45, 2.75) is 37.9 Å². The third kappa shape index (κ3) is 7.90. The molecule has 1 fully saturated rings. The number of ether oxygens (including phenoxy) is 4. The summed E-state index contributed by atoms with van der Waals surface area (Å²) in [5.74, 6) is -0.0443. The monoisotopic (exact) mass is 666 g/mol. The van der Waals surface area contributed by atoms with E-state index in [4.69, 9.17) is 24.7 Å². The van der Waals surface area contributed by atoms with Crippen LogP contribution in [0.4, 0.5) is 22.1 Å². The molecule has 1 unspecified atom stereocenters. The molecule has 15 heteroatoms. The number of nitrogens with one attached hydrogen (secondary N) is 1. The first-order valence-corrected chi connectivity index (χ1v) is 15.4. The van der Waals surface area contributed by atoms with Crippen molar-refractivity contribution in [1.29, 1.82) is 0 Å². The fourth-order valence-electron chi connectivity index (χ4n) is 5.45. The number of fused-ring (bicyclic) bond motifs is 1. The van der Waals surface area contributed by atoms with E-state index in [1.807, 2.05) is 48.3 Å². The third-order valence-electron chi connectivity index (χ3n) is 7.81. The second kappa shape index (κ2) is 14.8. The molecular formula is C34H34N8O7. The van der Waals surface area contributed by atoms with Crippen molar-refractivity contribution < 1.29 is 33.3 Å². The molecule has 2 aromatic carbocycles. The van der Waals surface area contributed by atoms with Crippen LogP contribution in [-0.4, -0.2) is 74.9 Å². The first-order valence-electron chi connectivity index (χ1n) is 15.4. The van der Waals surface area contributed by atoms with E-state index in [1.54, 1.807) is 47.2 Å². The number of anilines is 3. The maximum absolute atomic E-state index is 13.1. The van der Waals surface area contributed by atoms with Crippen LogP contribution in [0.1, 0.15) is 41.6 Å². The van der Waals surface area contributed by atoms with Crippen molar-refractivity contribution in [2.24, 2.45) is 0 Å². The Bertz CT molecular complexity index is 1920. The lowest BCUT2D eigenvalue weighted by Crippen LogP contribution is -2.33. The smallest absolute Gasteiger partial charge is 0.459 e. The van der Waals surface area contributed by atoms with Crippen molar-refractivity contribution in [2.75, 3.05) is 36.1 Å². The highest BCUT2D eigenvalue weighted by atomic mass is 16.7. The van der Waals surface area contributed by atoms with Gasteiger partial charge in [-0.3, -0.25) is 14.2 Å². The van der Waals surface area contributed by atoms with Crippen LogP contribution in [0, 0.1) is 0 Å². The third-order valence-corrected chi connectivity index (χ3v) is 7.81. The number of pyridine rings is 1. The second-order valence-corrected chi connectivity index (χ2v) is 11.3. The molecule has 1 aliphatic heterocycles. The quantitative estimate of drug-likeness (QED) is 0.190. The van der Waals surface area contributed by atoms with Gasteiger partial charge in [-0.2, -0.15) is 0 Å². The Balaban J connectivity index is 1.13. The Labute approximate surface area is 281 Å². The summed E-state index contributed by atoms with van der Waals surface area (Å²) >= 11 is 0. The summed E-state index contributed by atoms with van der Waals surface area (Å²) in [5, 5.41) is 2.77. The number of likely N-dealkylation sites (N-methyl/N-ethyl adjacent to an activating group) is 1. The van der Waals surface area contributed by atoms with E-state index in [0.717, 1.165) is 5.56 Å². The van der Waals surface area contributed by atoms with E-state index in [2.05, 4.69) is 25.3 Å². The molecule has 3 N–H and O–H groups in total. The zero-order valence-corrected chi connectivity index (χ0v) is 26.7. The summed E-state index contributed by atoms with van der Waals surface area (Å²) in [6.07, 6.45) is 0.709. The van der Waals surface area contributed by atoms with Gasteiger partial charge < -0.3 is 34.9 Å².